The van der Waals surface area contributed by atoms with Gasteiger partial charge < -0.3 is 19.8 Å². The molecule has 0 radical (unpaired) electrons. The van der Waals surface area contributed by atoms with Crippen LogP contribution in [0.5, 0.6) is 0 Å². The van der Waals surface area contributed by atoms with Crippen molar-refractivity contribution in [3.63, 3.8) is 0 Å². The normalized spacial score (nSPS) is 17.9. The van der Waals surface area contributed by atoms with Gasteiger partial charge in [0.2, 0.25) is 5.91 Å². The van der Waals surface area contributed by atoms with E-state index < -0.39 is 0 Å². The van der Waals surface area contributed by atoms with E-state index in [-0.39, 0.29) is 11.9 Å². The Balaban J connectivity index is 1.57. The van der Waals surface area contributed by atoms with Crippen LogP contribution < -0.4 is 10.6 Å². The molecule has 0 aromatic carbocycles. The Morgan fingerprint density at radius 1 is 1.45 bits per heavy atom. The van der Waals surface area contributed by atoms with Crippen molar-refractivity contribution in [1.29, 1.82) is 0 Å². The summed E-state index contributed by atoms with van der Waals surface area (Å²) < 4.78 is 10.6. The molecule has 1 unspecified atom stereocenters. The molecule has 1 saturated heterocycles. The van der Waals surface area contributed by atoms with E-state index in [1.807, 2.05) is 12.1 Å². The second-order valence-corrected chi connectivity index (χ2v) is 5.35. The quantitative estimate of drug-likeness (QED) is 0.794. The highest BCUT2D eigenvalue weighted by atomic mass is 16.5. The van der Waals surface area contributed by atoms with Crippen molar-refractivity contribution < 1.29 is 13.9 Å². The topological polar surface area (TPSA) is 63.5 Å². The highest BCUT2D eigenvalue weighted by Crippen LogP contribution is 2.06. The molecule has 0 saturated carbocycles. The molecule has 1 aromatic rings. The van der Waals surface area contributed by atoms with Gasteiger partial charge in [0.1, 0.15) is 5.76 Å². The number of amides is 1. The van der Waals surface area contributed by atoms with E-state index in [1.165, 1.54) is 0 Å². The molecular formula is C15H24N2O3. The Morgan fingerprint density at radius 3 is 2.95 bits per heavy atom. The Kier molecular flexibility index (Phi) is 6.08. The Labute approximate surface area is 120 Å². The minimum absolute atomic E-state index is 0.0711. The molecule has 0 aliphatic carbocycles. The van der Waals surface area contributed by atoms with E-state index in [2.05, 4.69) is 17.6 Å². The van der Waals surface area contributed by atoms with Crippen molar-refractivity contribution in [2.24, 2.45) is 0 Å². The summed E-state index contributed by atoms with van der Waals surface area (Å²) in [5.41, 5.74) is 0. The molecule has 5 nitrogen and oxygen atoms in total. The lowest BCUT2D eigenvalue weighted by molar-refractivity contribution is -0.121. The van der Waals surface area contributed by atoms with Gasteiger partial charge in [-0.25, -0.2) is 0 Å². The van der Waals surface area contributed by atoms with E-state index >= 15 is 0 Å². The van der Waals surface area contributed by atoms with Crippen molar-refractivity contribution in [3.8, 4) is 0 Å². The molecule has 1 aromatic heterocycles. The average Bonchev–Trinajstić information content (AvgIpc) is 2.97. The Bertz CT molecular complexity index is 386. The fourth-order valence-corrected chi connectivity index (χ4v) is 2.30. The van der Waals surface area contributed by atoms with Crippen LogP contribution >= 0.6 is 0 Å². The first-order valence-corrected chi connectivity index (χ1v) is 7.37. The average molecular weight is 280 g/mol. The van der Waals surface area contributed by atoms with Gasteiger partial charge in [-0.05, 0) is 38.3 Å². The summed E-state index contributed by atoms with van der Waals surface area (Å²) in [6.07, 6.45) is 5.37. The van der Waals surface area contributed by atoms with Crippen molar-refractivity contribution in [2.75, 3.05) is 19.8 Å². The van der Waals surface area contributed by atoms with Gasteiger partial charge in [-0.1, -0.05) is 0 Å². The molecule has 2 N–H and O–H groups in total. The van der Waals surface area contributed by atoms with Crippen molar-refractivity contribution in [3.05, 3.63) is 24.2 Å². The monoisotopic (exact) mass is 280 g/mol. The van der Waals surface area contributed by atoms with Crippen LogP contribution in [0.3, 0.4) is 0 Å². The van der Waals surface area contributed by atoms with E-state index in [1.54, 1.807) is 6.26 Å². The van der Waals surface area contributed by atoms with Crippen molar-refractivity contribution in [2.45, 2.75) is 44.7 Å². The number of nitrogens with one attached hydrogen (secondary N) is 2. The molecule has 1 atom stereocenters. The fraction of sp³-hybridized carbons (Fsp3) is 0.667. The van der Waals surface area contributed by atoms with Crippen LogP contribution in [-0.2, 0) is 16.0 Å². The van der Waals surface area contributed by atoms with Crippen molar-refractivity contribution in [1.82, 2.24) is 10.6 Å². The lowest BCUT2D eigenvalue weighted by atomic mass is 10.1. The van der Waals surface area contributed by atoms with E-state index in [0.29, 0.717) is 12.6 Å². The molecule has 0 bridgehead atoms. The SMILES string of the molecule is CC(CCc1ccco1)NCC(=O)NC1CCOCC1. The van der Waals surface area contributed by atoms with Gasteiger partial charge in [-0.15, -0.1) is 0 Å². The Hall–Kier alpha value is -1.33. The minimum Gasteiger partial charge on any atom is -0.469 e. The number of carbonyl (C=O) groups is 1. The molecule has 0 spiro atoms. The van der Waals surface area contributed by atoms with Crippen LogP contribution in [0.25, 0.3) is 0 Å². The predicted octanol–water partition coefficient (Wildman–Crippen LogP) is 1.49. The maximum atomic E-state index is 11.8. The van der Waals surface area contributed by atoms with Gasteiger partial charge in [-0.3, -0.25) is 4.79 Å². The number of furan rings is 1. The van der Waals surface area contributed by atoms with Gasteiger partial charge in [0.15, 0.2) is 0 Å². The first kappa shape index (κ1) is 15.1. The zero-order chi connectivity index (χ0) is 14.2. The first-order valence-electron chi connectivity index (χ1n) is 7.37. The molecule has 112 valence electrons. The molecule has 2 heterocycles. The summed E-state index contributed by atoms with van der Waals surface area (Å²) in [7, 11) is 0. The molecule has 1 fully saturated rings. The maximum Gasteiger partial charge on any atom is 0.234 e. The summed E-state index contributed by atoms with van der Waals surface area (Å²) in [6.45, 7) is 3.96. The molecule has 1 aliphatic heterocycles. The maximum absolute atomic E-state index is 11.8. The highest BCUT2D eigenvalue weighted by molar-refractivity contribution is 5.78. The minimum atomic E-state index is 0.0711. The van der Waals surface area contributed by atoms with Crippen LogP contribution in [-0.4, -0.2) is 37.7 Å². The van der Waals surface area contributed by atoms with E-state index in [0.717, 1.165) is 44.7 Å². The summed E-state index contributed by atoms with van der Waals surface area (Å²) in [6, 6.07) is 4.44. The molecule has 5 heteroatoms. The van der Waals surface area contributed by atoms with E-state index in [9.17, 15) is 4.79 Å². The first-order chi connectivity index (χ1) is 9.74. The smallest absolute Gasteiger partial charge is 0.234 e. The van der Waals surface area contributed by atoms with Gasteiger partial charge in [0.25, 0.3) is 0 Å². The molecule has 2 rings (SSSR count). The van der Waals surface area contributed by atoms with Crippen LogP contribution in [0.1, 0.15) is 31.9 Å². The predicted molar refractivity (Wildman–Crippen MR) is 76.5 cm³/mol. The third-order valence-electron chi connectivity index (χ3n) is 3.60. The summed E-state index contributed by atoms with van der Waals surface area (Å²) >= 11 is 0. The van der Waals surface area contributed by atoms with E-state index in [4.69, 9.17) is 9.15 Å². The number of carbonyl (C=O) groups excluding carboxylic acids is 1. The number of aryl methyl sites for hydroxylation is 1. The zero-order valence-corrected chi connectivity index (χ0v) is 12.1. The number of hydrogen-bond acceptors (Lipinski definition) is 4. The second kappa shape index (κ2) is 8.07. The molecule has 1 aliphatic rings. The molecular weight excluding hydrogens is 256 g/mol. The number of hydrogen-bond donors (Lipinski definition) is 2. The Morgan fingerprint density at radius 2 is 2.25 bits per heavy atom. The summed E-state index contributed by atoms with van der Waals surface area (Å²) in [5.74, 6) is 1.06. The van der Waals surface area contributed by atoms with Gasteiger partial charge >= 0.3 is 0 Å². The summed E-state index contributed by atoms with van der Waals surface area (Å²) in [4.78, 5) is 11.8. The standard InChI is InChI=1S/C15H24N2O3/c1-12(4-5-14-3-2-8-20-14)16-11-15(18)17-13-6-9-19-10-7-13/h2-3,8,12-13,16H,4-7,9-11H2,1H3,(H,17,18). The van der Waals surface area contributed by atoms with Crippen LogP contribution in [0.2, 0.25) is 0 Å². The molecule has 20 heavy (non-hydrogen) atoms. The molecule has 1 amide bonds. The van der Waals surface area contributed by atoms with Crippen LogP contribution in [0.4, 0.5) is 0 Å². The summed E-state index contributed by atoms with van der Waals surface area (Å²) in [5, 5.41) is 6.29. The number of rotatable bonds is 7. The third kappa shape index (κ3) is 5.35. The van der Waals surface area contributed by atoms with Gasteiger partial charge in [0, 0.05) is 31.7 Å². The van der Waals surface area contributed by atoms with Crippen LogP contribution in [0.15, 0.2) is 22.8 Å². The van der Waals surface area contributed by atoms with Crippen LogP contribution in [0, 0.1) is 0 Å². The van der Waals surface area contributed by atoms with Crippen molar-refractivity contribution >= 4 is 5.91 Å². The van der Waals surface area contributed by atoms with Gasteiger partial charge in [0.05, 0.1) is 12.8 Å². The fourth-order valence-electron chi connectivity index (χ4n) is 2.30. The lowest BCUT2D eigenvalue weighted by Crippen LogP contribution is -2.44. The van der Waals surface area contributed by atoms with Gasteiger partial charge in [-0.2, -0.15) is 0 Å². The largest absolute Gasteiger partial charge is 0.469 e. The zero-order valence-electron chi connectivity index (χ0n) is 12.1. The number of ether oxygens (including phenoxy) is 1. The second-order valence-electron chi connectivity index (χ2n) is 5.35. The lowest BCUT2D eigenvalue weighted by Gasteiger charge is -2.23. The third-order valence-corrected chi connectivity index (χ3v) is 3.60. The highest BCUT2D eigenvalue weighted by Gasteiger charge is 2.16.